The van der Waals surface area contributed by atoms with Crippen molar-refractivity contribution < 1.29 is 13.2 Å². The van der Waals surface area contributed by atoms with Crippen molar-refractivity contribution in [3.63, 3.8) is 0 Å². The maximum Gasteiger partial charge on any atom is 0.251 e. The molecule has 1 saturated heterocycles. The molecular formula is C15H17N3O3S. The van der Waals surface area contributed by atoms with E-state index in [0.717, 1.165) is 5.69 Å². The van der Waals surface area contributed by atoms with E-state index in [2.05, 4.69) is 10.4 Å². The van der Waals surface area contributed by atoms with Gasteiger partial charge >= 0.3 is 0 Å². The normalized spacial score (nSPS) is 19.9. The number of carbonyl (C=O) groups excluding carboxylic acids is 1. The molecular weight excluding hydrogens is 302 g/mol. The second-order valence-electron chi connectivity index (χ2n) is 5.48. The van der Waals surface area contributed by atoms with Gasteiger partial charge in [-0.2, -0.15) is 5.10 Å². The highest BCUT2D eigenvalue weighted by atomic mass is 32.2. The first-order chi connectivity index (χ1) is 10.5. The fourth-order valence-electron chi connectivity index (χ4n) is 2.56. The van der Waals surface area contributed by atoms with E-state index in [1.165, 1.54) is 0 Å². The summed E-state index contributed by atoms with van der Waals surface area (Å²) in [6.07, 6.45) is 4.15. The number of sulfone groups is 1. The van der Waals surface area contributed by atoms with Gasteiger partial charge in [0, 0.05) is 24.5 Å². The third kappa shape index (κ3) is 3.36. The van der Waals surface area contributed by atoms with Crippen LogP contribution in [0.5, 0.6) is 0 Å². The fourth-order valence-corrected chi connectivity index (χ4v) is 4.42. The van der Waals surface area contributed by atoms with Crippen LogP contribution in [0, 0.1) is 5.92 Å². The minimum Gasteiger partial charge on any atom is -0.352 e. The van der Waals surface area contributed by atoms with Crippen LogP contribution in [0.25, 0.3) is 5.69 Å². The van der Waals surface area contributed by atoms with E-state index in [4.69, 9.17) is 0 Å². The lowest BCUT2D eigenvalue weighted by molar-refractivity contribution is 0.0948. The van der Waals surface area contributed by atoms with Gasteiger partial charge in [0.25, 0.3) is 5.91 Å². The lowest BCUT2D eigenvalue weighted by atomic mass is 10.1. The van der Waals surface area contributed by atoms with E-state index in [1.807, 2.05) is 24.4 Å². The van der Waals surface area contributed by atoms with Crippen LogP contribution in [0.3, 0.4) is 0 Å². The van der Waals surface area contributed by atoms with Gasteiger partial charge in [-0.15, -0.1) is 0 Å². The van der Waals surface area contributed by atoms with Crippen molar-refractivity contribution >= 4 is 15.7 Å². The molecule has 22 heavy (non-hydrogen) atoms. The first kappa shape index (κ1) is 14.8. The molecule has 1 N–H and O–H groups in total. The van der Waals surface area contributed by atoms with Crippen molar-refractivity contribution in [3.8, 4) is 5.69 Å². The third-order valence-corrected chi connectivity index (χ3v) is 5.61. The Labute approximate surface area is 129 Å². The van der Waals surface area contributed by atoms with Crippen LogP contribution in [-0.2, 0) is 9.84 Å². The number of amides is 1. The number of nitrogens with zero attached hydrogens (tertiary/aromatic N) is 2. The Morgan fingerprint density at radius 2 is 2.09 bits per heavy atom. The smallest absolute Gasteiger partial charge is 0.251 e. The zero-order valence-electron chi connectivity index (χ0n) is 12.0. The van der Waals surface area contributed by atoms with Gasteiger partial charge in [0.2, 0.25) is 0 Å². The van der Waals surface area contributed by atoms with Gasteiger partial charge in [0.1, 0.15) is 0 Å². The van der Waals surface area contributed by atoms with Crippen molar-refractivity contribution in [2.45, 2.75) is 6.42 Å². The molecule has 3 rings (SSSR count). The van der Waals surface area contributed by atoms with Gasteiger partial charge in [-0.05, 0) is 42.7 Å². The number of hydrogen-bond acceptors (Lipinski definition) is 4. The Morgan fingerprint density at radius 3 is 2.68 bits per heavy atom. The predicted molar refractivity (Wildman–Crippen MR) is 82.7 cm³/mol. The molecule has 1 atom stereocenters. The van der Waals surface area contributed by atoms with Gasteiger partial charge in [0.05, 0.1) is 17.2 Å². The average molecular weight is 319 g/mol. The Morgan fingerprint density at radius 1 is 1.32 bits per heavy atom. The van der Waals surface area contributed by atoms with Crippen molar-refractivity contribution in [2.75, 3.05) is 18.1 Å². The summed E-state index contributed by atoms with van der Waals surface area (Å²) >= 11 is 0. The summed E-state index contributed by atoms with van der Waals surface area (Å²) in [6, 6.07) is 8.94. The molecule has 1 aromatic heterocycles. The molecule has 6 nitrogen and oxygen atoms in total. The maximum atomic E-state index is 12.1. The quantitative estimate of drug-likeness (QED) is 0.913. The van der Waals surface area contributed by atoms with Crippen LogP contribution in [-0.4, -0.2) is 42.2 Å². The van der Waals surface area contributed by atoms with E-state index >= 15 is 0 Å². The van der Waals surface area contributed by atoms with E-state index < -0.39 is 9.84 Å². The molecule has 0 saturated carbocycles. The molecule has 0 spiro atoms. The Hall–Kier alpha value is -2.15. The topological polar surface area (TPSA) is 81.1 Å². The highest BCUT2D eigenvalue weighted by Crippen LogP contribution is 2.17. The minimum atomic E-state index is -2.90. The van der Waals surface area contributed by atoms with Crippen LogP contribution < -0.4 is 5.32 Å². The lowest BCUT2D eigenvalue weighted by Crippen LogP contribution is -2.29. The van der Waals surface area contributed by atoms with Gasteiger partial charge in [-0.1, -0.05) is 0 Å². The molecule has 1 amide bonds. The number of carbonyl (C=O) groups is 1. The Bertz CT molecular complexity index is 752. The summed E-state index contributed by atoms with van der Waals surface area (Å²) < 4.78 is 24.5. The molecule has 2 aromatic rings. The number of aromatic nitrogens is 2. The highest BCUT2D eigenvalue weighted by molar-refractivity contribution is 7.91. The average Bonchev–Trinajstić information content (AvgIpc) is 3.14. The molecule has 1 aliphatic heterocycles. The summed E-state index contributed by atoms with van der Waals surface area (Å²) in [5.41, 5.74) is 1.43. The van der Waals surface area contributed by atoms with E-state index in [-0.39, 0.29) is 23.3 Å². The predicted octanol–water partition coefficient (Wildman–Crippen LogP) is 1.04. The zero-order chi connectivity index (χ0) is 15.6. The second-order valence-corrected chi connectivity index (χ2v) is 7.71. The monoisotopic (exact) mass is 319 g/mol. The number of benzene rings is 1. The summed E-state index contributed by atoms with van der Waals surface area (Å²) in [4.78, 5) is 12.1. The van der Waals surface area contributed by atoms with Gasteiger partial charge < -0.3 is 5.32 Å². The molecule has 116 valence electrons. The van der Waals surface area contributed by atoms with Gasteiger partial charge in [0.15, 0.2) is 9.84 Å². The molecule has 2 heterocycles. The summed E-state index contributed by atoms with van der Waals surface area (Å²) in [5, 5.41) is 6.93. The largest absolute Gasteiger partial charge is 0.352 e. The summed E-state index contributed by atoms with van der Waals surface area (Å²) in [5.74, 6) is 0.242. The molecule has 0 unspecified atom stereocenters. The summed E-state index contributed by atoms with van der Waals surface area (Å²) in [6.45, 7) is 0.402. The standard InChI is InChI=1S/C15H17N3O3S/c19-15(16-10-12-6-9-22(20,21)11-12)13-2-4-14(5-3-13)18-8-1-7-17-18/h1-5,7-8,12H,6,9-11H2,(H,16,19)/t12-/m0/s1. The number of hydrogen-bond donors (Lipinski definition) is 1. The SMILES string of the molecule is O=C(NC[C@@H]1CCS(=O)(=O)C1)c1ccc(-n2cccn2)cc1. The third-order valence-electron chi connectivity index (χ3n) is 3.78. The van der Waals surface area contributed by atoms with E-state index in [9.17, 15) is 13.2 Å². The molecule has 0 aliphatic carbocycles. The first-order valence-corrected chi connectivity index (χ1v) is 8.94. The zero-order valence-corrected chi connectivity index (χ0v) is 12.8. The van der Waals surface area contributed by atoms with Crippen LogP contribution in [0.15, 0.2) is 42.7 Å². The van der Waals surface area contributed by atoms with E-state index in [0.29, 0.717) is 18.5 Å². The lowest BCUT2D eigenvalue weighted by Gasteiger charge is -2.10. The first-order valence-electron chi connectivity index (χ1n) is 7.12. The molecule has 0 radical (unpaired) electrons. The molecule has 1 aliphatic rings. The fraction of sp³-hybridized carbons (Fsp3) is 0.333. The van der Waals surface area contributed by atoms with Crippen LogP contribution >= 0.6 is 0 Å². The van der Waals surface area contributed by atoms with Gasteiger partial charge in [-0.25, -0.2) is 13.1 Å². The Balaban J connectivity index is 1.59. The van der Waals surface area contributed by atoms with Crippen molar-refractivity contribution in [3.05, 3.63) is 48.3 Å². The second kappa shape index (κ2) is 5.92. The molecule has 7 heteroatoms. The van der Waals surface area contributed by atoms with Crippen LogP contribution in [0.1, 0.15) is 16.8 Å². The number of nitrogens with one attached hydrogen (secondary N) is 1. The molecule has 1 fully saturated rings. The minimum absolute atomic E-state index is 0.0253. The maximum absolute atomic E-state index is 12.1. The number of rotatable bonds is 4. The van der Waals surface area contributed by atoms with Crippen LogP contribution in [0.4, 0.5) is 0 Å². The van der Waals surface area contributed by atoms with E-state index in [1.54, 1.807) is 23.0 Å². The Kier molecular flexibility index (Phi) is 3.98. The van der Waals surface area contributed by atoms with Crippen molar-refractivity contribution in [2.24, 2.45) is 5.92 Å². The molecule has 0 bridgehead atoms. The van der Waals surface area contributed by atoms with Gasteiger partial charge in [-0.3, -0.25) is 4.79 Å². The van der Waals surface area contributed by atoms with Crippen molar-refractivity contribution in [1.82, 2.24) is 15.1 Å². The summed E-state index contributed by atoms with van der Waals surface area (Å²) in [7, 11) is -2.90. The van der Waals surface area contributed by atoms with Crippen LogP contribution in [0.2, 0.25) is 0 Å². The highest BCUT2D eigenvalue weighted by Gasteiger charge is 2.27. The van der Waals surface area contributed by atoms with Crippen molar-refractivity contribution in [1.29, 1.82) is 0 Å². The molecule has 1 aromatic carbocycles.